The van der Waals surface area contributed by atoms with Gasteiger partial charge in [-0.1, -0.05) is 12.5 Å². The summed E-state index contributed by atoms with van der Waals surface area (Å²) in [6.07, 6.45) is 5.15. The van der Waals surface area contributed by atoms with Gasteiger partial charge in [-0.15, -0.1) is 0 Å². The van der Waals surface area contributed by atoms with Crippen molar-refractivity contribution in [2.24, 2.45) is 11.8 Å². The van der Waals surface area contributed by atoms with Gasteiger partial charge in [0.2, 0.25) is 0 Å². The van der Waals surface area contributed by atoms with Gasteiger partial charge in [-0.3, -0.25) is 0 Å². The number of nitrogens with zero attached hydrogens (tertiary/aromatic N) is 1. The second kappa shape index (κ2) is 6.64. The molecule has 1 aromatic heterocycles. The maximum atomic E-state index is 11.6. The highest BCUT2D eigenvalue weighted by molar-refractivity contribution is 9.10. The summed E-state index contributed by atoms with van der Waals surface area (Å²) >= 11 is 3.57. The van der Waals surface area contributed by atoms with Crippen molar-refractivity contribution >= 4 is 21.9 Å². The van der Waals surface area contributed by atoms with E-state index in [4.69, 9.17) is 9.47 Å². The molecule has 2 unspecified atom stereocenters. The third kappa shape index (κ3) is 2.68. The number of halogens is 1. The number of piperidine rings is 1. The number of carbonyl (C=O) groups is 1. The van der Waals surface area contributed by atoms with Gasteiger partial charge in [0.05, 0.1) is 7.11 Å². The van der Waals surface area contributed by atoms with Gasteiger partial charge in [-0.25, -0.2) is 9.78 Å². The summed E-state index contributed by atoms with van der Waals surface area (Å²) in [7, 11) is 1.39. The Bertz CT molecular complexity index is 530. The van der Waals surface area contributed by atoms with Crippen LogP contribution in [0.2, 0.25) is 0 Å². The van der Waals surface area contributed by atoms with E-state index in [-0.39, 0.29) is 12.6 Å². The SMILES string of the molecule is COC(=O)COC1(c2cccnc2Br)C2CCCC1CNC2. The topological polar surface area (TPSA) is 60.5 Å². The molecule has 2 bridgehead atoms. The zero-order chi connectivity index (χ0) is 15.6. The Morgan fingerprint density at radius 3 is 2.82 bits per heavy atom. The van der Waals surface area contributed by atoms with Crippen molar-refractivity contribution in [2.75, 3.05) is 26.8 Å². The van der Waals surface area contributed by atoms with E-state index in [1.54, 1.807) is 6.20 Å². The lowest BCUT2D eigenvalue weighted by Gasteiger charge is -2.53. The normalized spacial score (nSPS) is 30.8. The van der Waals surface area contributed by atoms with Crippen LogP contribution in [-0.4, -0.2) is 37.8 Å². The van der Waals surface area contributed by atoms with E-state index < -0.39 is 5.60 Å². The van der Waals surface area contributed by atoms with Crippen molar-refractivity contribution in [3.8, 4) is 0 Å². The Kier molecular flexibility index (Phi) is 4.80. The molecule has 1 N–H and O–H groups in total. The van der Waals surface area contributed by atoms with E-state index in [2.05, 4.69) is 32.3 Å². The third-order valence-corrected chi connectivity index (χ3v) is 5.57. The molecule has 2 fully saturated rings. The summed E-state index contributed by atoms with van der Waals surface area (Å²) in [6, 6.07) is 3.99. The highest BCUT2D eigenvalue weighted by Gasteiger charge is 2.53. The molecule has 0 amide bonds. The van der Waals surface area contributed by atoms with E-state index in [1.165, 1.54) is 13.5 Å². The Morgan fingerprint density at radius 2 is 2.18 bits per heavy atom. The second-order valence-electron chi connectivity index (χ2n) is 5.98. The van der Waals surface area contributed by atoms with Gasteiger partial charge < -0.3 is 14.8 Å². The van der Waals surface area contributed by atoms with Gasteiger partial charge in [-0.05, 0) is 34.8 Å². The molecular formula is C16H21BrN2O3. The first-order chi connectivity index (χ1) is 10.7. The fourth-order valence-electron chi connectivity index (χ4n) is 3.98. The van der Waals surface area contributed by atoms with Crippen LogP contribution in [0.4, 0.5) is 0 Å². The standard InChI is InChI=1S/C16H21BrN2O3/c1-21-14(20)10-22-16(13-6-3-7-19-15(13)17)11-4-2-5-12(16)9-18-8-11/h3,6-7,11-12,18H,2,4-5,8-10H2,1H3. The minimum atomic E-state index is -0.467. The van der Waals surface area contributed by atoms with E-state index in [9.17, 15) is 4.79 Å². The largest absolute Gasteiger partial charge is 0.467 e. The molecule has 1 aliphatic heterocycles. The van der Waals surface area contributed by atoms with Crippen LogP contribution in [0.3, 0.4) is 0 Å². The fraction of sp³-hybridized carbons (Fsp3) is 0.625. The molecule has 2 aliphatic rings. The molecule has 0 spiro atoms. The third-order valence-electron chi connectivity index (χ3n) is 4.94. The van der Waals surface area contributed by atoms with E-state index in [1.807, 2.05) is 6.07 Å². The van der Waals surface area contributed by atoms with Crippen LogP contribution in [-0.2, 0) is 19.9 Å². The molecule has 1 saturated heterocycles. The van der Waals surface area contributed by atoms with Crippen LogP contribution in [0.15, 0.2) is 22.9 Å². The number of rotatable bonds is 4. The molecule has 6 heteroatoms. The van der Waals surface area contributed by atoms with Crippen molar-refractivity contribution in [3.05, 3.63) is 28.5 Å². The zero-order valence-corrected chi connectivity index (χ0v) is 14.3. The monoisotopic (exact) mass is 368 g/mol. The van der Waals surface area contributed by atoms with Gasteiger partial charge in [0.25, 0.3) is 0 Å². The quantitative estimate of drug-likeness (QED) is 0.652. The van der Waals surface area contributed by atoms with Crippen LogP contribution >= 0.6 is 15.9 Å². The number of hydrogen-bond acceptors (Lipinski definition) is 5. The highest BCUT2D eigenvalue weighted by atomic mass is 79.9. The van der Waals surface area contributed by atoms with Gasteiger partial charge in [0.1, 0.15) is 16.8 Å². The van der Waals surface area contributed by atoms with Crippen LogP contribution in [0, 0.1) is 11.8 Å². The lowest BCUT2D eigenvalue weighted by molar-refractivity contribution is -0.183. The molecule has 1 aliphatic carbocycles. The number of hydrogen-bond donors (Lipinski definition) is 1. The lowest BCUT2D eigenvalue weighted by atomic mass is 9.63. The van der Waals surface area contributed by atoms with E-state index >= 15 is 0 Å². The van der Waals surface area contributed by atoms with Gasteiger partial charge in [-0.2, -0.15) is 0 Å². The zero-order valence-electron chi connectivity index (χ0n) is 12.7. The number of carbonyl (C=O) groups excluding carboxylic acids is 1. The Morgan fingerprint density at radius 1 is 1.45 bits per heavy atom. The number of pyridine rings is 1. The molecular weight excluding hydrogens is 348 g/mol. The summed E-state index contributed by atoms with van der Waals surface area (Å²) < 4.78 is 11.8. The Labute approximate surface area is 138 Å². The lowest BCUT2D eigenvalue weighted by Crippen LogP contribution is -2.58. The number of methoxy groups -OCH3 is 1. The molecule has 5 nitrogen and oxygen atoms in total. The predicted octanol–water partition coefficient (Wildman–Crippen LogP) is 2.25. The van der Waals surface area contributed by atoms with Crippen LogP contribution < -0.4 is 5.32 Å². The molecule has 22 heavy (non-hydrogen) atoms. The maximum Gasteiger partial charge on any atom is 0.331 e. The van der Waals surface area contributed by atoms with Gasteiger partial charge >= 0.3 is 5.97 Å². The Hall–Kier alpha value is -0.980. The number of esters is 1. The highest BCUT2D eigenvalue weighted by Crippen LogP contribution is 2.51. The van der Waals surface area contributed by atoms with Crippen LogP contribution in [0.1, 0.15) is 24.8 Å². The summed E-state index contributed by atoms with van der Waals surface area (Å²) in [4.78, 5) is 16.0. The molecule has 0 radical (unpaired) electrons. The van der Waals surface area contributed by atoms with Crippen molar-refractivity contribution in [1.82, 2.24) is 10.3 Å². The number of fused-ring (bicyclic) bond motifs is 2. The average Bonchev–Trinajstić information content (AvgIpc) is 2.52. The first-order valence-electron chi connectivity index (χ1n) is 7.71. The molecule has 3 rings (SSSR count). The number of nitrogens with one attached hydrogen (secondary N) is 1. The molecule has 2 atom stereocenters. The van der Waals surface area contributed by atoms with Gasteiger partial charge in [0.15, 0.2) is 0 Å². The average molecular weight is 369 g/mol. The van der Waals surface area contributed by atoms with Crippen molar-refractivity contribution in [1.29, 1.82) is 0 Å². The van der Waals surface area contributed by atoms with E-state index in [0.717, 1.165) is 36.1 Å². The summed E-state index contributed by atoms with van der Waals surface area (Å²) in [5, 5.41) is 3.50. The van der Waals surface area contributed by atoms with Crippen molar-refractivity contribution in [2.45, 2.75) is 24.9 Å². The number of aromatic nitrogens is 1. The molecule has 120 valence electrons. The summed E-state index contributed by atoms with van der Waals surface area (Å²) in [5.74, 6) is 0.339. The first kappa shape index (κ1) is 15.9. The minimum Gasteiger partial charge on any atom is -0.467 e. The number of ether oxygens (including phenoxy) is 2. The van der Waals surface area contributed by atoms with Gasteiger partial charge in [0, 0.05) is 36.7 Å². The van der Waals surface area contributed by atoms with E-state index in [0.29, 0.717) is 11.8 Å². The Balaban J connectivity index is 2.02. The van der Waals surface area contributed by atoms with Crippen molar-refractivity contribution < 1.29 is 14.3 Å². The molecule has 0 aromatic carbocycles. The minimum absolute atomic E-state index is 0.0230. The predicted molar refractivity (Wildman–Crippen MR) is 85.3 cm³/mol. The molecule has 1 aromatic rings. The smallest absolute Gasteiger partial charge is 0.331 e. The molecule has 1 saturated carbocycles. The van der Waals surface area contributed by atoms with Crippen molar-refractivity contribution in [3.63, 3.8) is 0 Å². The molecule has 2 heterocycles. The summed E-state index contributed by atoms with van der Waals surface area (Å²) in [5.41, 5.74) is 0.584. The maximum absolute atomic E-state index is 11.6. The second-order valence-corrected chi connectivity index (χ2v) is 6.73. The van der Waals surface area contributed by atoms with Crippen LogP contribution in [0.25, 0.3) is 0 Å². The summed E-state index contributed by atoms with van der Waals surface area (Å²) in [6.45, 7) is 1.78. The van der Waals surface area contributed by atoms with Crippen LogP contribution in [0.5, 0.6) is 0 Å². The fourth-order valence-corrected chi connectivity index (χ4v) is 4.54. The first-order valence-corrected chi connectivity index (χ1v) is 8.50.